The molecule has 0 atom stereocenters. The number of aromatic nitrogens is 2. The van der Waals surface area contributed by atoms with Crippen LogP contribution < -0.4 is 11.2 Å². The van der Waals surface area contributed by atoms with E-state index in [4.69, 9.17) is 11.1 Å². The Hall–Kier alpha value is -0.970. The smallest absolute Gasteiger partial charge is 0.172 e. The van der Waals surface area contributed by atoms with Crippen molar-refractivity contribution in [3.8, 4) is 0 Å². The number of hydrogen-bond donors (Lipinski definition) is 2. The van der Waals surface area contributed by atoms with E-state index in [0.717, 1.165) is 5.16 Å². The lowest BCUT2D eigenvalue weighted by Gasteiger charge is -2.04. The van der Waals surface area contributed by atoms with Crippen LogP contribution in [0.1, 0.15) is 0 Å². The van der Waals surface area contributed by atoms with Crippen molar-refractivity contribution in [2.24, 2.45) is 7.05 Å². The minimum atomic E-state index is 0.146. The molecule has 0 unspecified atom stereocenters. The van der Waals surface area contributed by atoms with Crippen LogP contribution in [0.15, 0.2) is 11.4 Å². The van der Waals surface area contributed by atoms with Crippen LogP contribution in [0.4, 0.5) is 5.69 Å². The molecule has 0 aliphatic rings. The summed E-state index contributed by atoms with van der Waals surface area (Å²) in [6, 6.07) is 0. The number of hydrogen-bond acceptors (Lipinski definition) is 4. The minimum absolute atomic E-state index is 0.146. The van der Waals surface area contributed by atoms with Crippen molar-refractivity contribution < 1.29 is 0 Å². The van der Waals surface area contributed by atoms with Crippen molar-refractivity contribution in [3.05, 3.63) is 11.7 Å². The molecule has 0 aliphatic carbocycles. The molecule has 0 bridgehead atoms. The number of anilines is 1. The van der Waals surface area contributed by atoms with E-state index in [1.165, 1.54) is 11.8 Å². The van der Waals surface area contributed by atoms with Crippen LogP contribution in [0.2, 0.25) is 0 Å². The molecule has 0 saturated heterocycles. The lowest BCUT2D eigenvalue weighted by Crippen LogP contribution is -2.16. The lowest BCUT2D eigenvalue weighted by molar-refractivity contribution is 0.722. The molecule has 1 aromatic heterocycles. The van der Waals surface area contributed by atoms with Gasteiger partial charge in [-0.25, -0.2) is 4.98 Å². The summed E-state index contributed by atoms with van der Waals surface area (Å²) in [5, 5.41) is 8.09. The first kappa shape index (κ1) is 8.13. The fourth-order valence-corrected chi connectivity index (χ4v) is 1.28. The SMILES string of the molecule is CSc1nc(=N)c(N)cn1C. The molecule has 0 radical (unpaired) electrons. The van der Waals surface area contributed by atoms with E-state index in [-0.39, 0.29) is 5.49 Å². The molecular weight excluding hydrogens is 160 g/mol. The van der Waals surface area contributed by atoms with Gasteiger partial charge < -0.3 is 10.3 Å². The second-order valence-electron chi connectivity index (χ2n) is 2.14. The molecule has 0 fully saturated rings. The van der Waals surface area contributed by atoms with Gasteiger partial charge in [0.25, 0.3) is 0 Å². The van der Waals surface area contributed by atoms with Gasteiger partial charge in [-0.05, 0) is 6.26 Å². The number of aryl methyl sites for hydroxylation is 1. The number of thioether (sulfide) groups is 1. The van der Waals surface area contributed by atoms with E-state index in [1.54, 1.807) is 10.8 Å². The normalized spacial score (nSPS) is 10.0. The monoisotopic (exact) mass is 170 g/mol. The van der Waals surface area contributed by atoms with E-state index in [9.17, 15) is 0 Å². The highest BCUT2D eigenvalue weighted by atomic mass is 32.2. The Kier molecular flexibility index (Phi) is 2.19. The minimum Gasteiger partial charge on any atom is -0.394 e. The standard InChI is InChI=1S/C6H10N4S/c1-10-3-4(7)5(8)9-6(10)11-2/h3,8H,7H2,1-2H3. The van der Waals surface area contributed by atoms with E-state index >= 15 is 0 Å². The van der Waals surface area contributed by atoms with Crippen molar-refractivity contribution in [3.63, 3.8) is 0 Å². The second kappa shape index (κ2) is 2.96. The third-order valence-electron chi connectivity index (χ3n) is 1.30. The molecule has 1 aromatic rings. The Labute approximate surface area is 69.0 Å². The van der Waals surface area contributed by atoms with Crippen molar-refractivity contribution in [1.29, 1.82) is 5.41 Å². The molecular formula is C6H10N4S. The van der Waals surface area contributed by atoms with Crippen molar-refractivity contribution in [1.82, 2.24) is 9.55 Å². The fraction of sp³-hybridized carbons (Fsp3) is 0.333. The first-order chi connectivity index (χ1) is 5.15. The van der Waals surface area contributed by atoms with Gasteiger partial charge in [-0.2, -0.15) is 0 Å². The largest absolute Gasteiger partial charge is 0.394 e. The summed E-state index contributed by atoms with van der Waals surface area (Å²) in [5.41, 5.74) is 6.02. The highest BCUT2D eigenvalue weighted by Crippen LogP contribution is 2.07. The summed E-state index contributed by atoms with van der Waals surface area (Å²) >= 11 is 1.49. The number of nitrogens with two attached hydrogens (primary N) is 1. The number of rotatable bonds is 1. The van der Waals surface area contributed by atoms with E-state index in [0.29, 0.717) is 5.69 Å². The Bertz CT molecular complexity index is 317. The molecule has 1 rings (SSSR count). The third-order valence-corrected chi connectivity index (χ3v) is 2.04. The van der Waals surface area contributed by atoms with Crippen LogP contribution in [-0.2, 0) is 7.05 Å². The lowest BCUT2D eigenvalue weighted by atomic mass is 10.5. The first-order valence-electron chi connectivity index (χ1n) is 3.07. The molecule has 0 spiro atoms. The summed E-state index contributed by atoms with van der Waals surface area (Å²) in [7, 11) is 1.86. The van der Waals surface area contributed by atoms with Gasteiger partial charge in [0.15, 0.2) is 10.6 Å². The molecule has 4 nitrogen and oxygen atoms in total. The molecule has 11 heavy (non-hydrogen) atoms. The van der Waals surface area contributed by atoms with E-state index < -0.39 is 0 Å². The highest BCUT2D eigenvalue weighted by molar-refractivity contribution is 7.98. The summed E-state index contributed by atoms with van der Waals surface area (Å²) in [4.78, 5) is 3.96. The Morgan fingerprint density at radius 3 is 2.91 bits per heavy atom. The molecule has 0 amide bonds. The molecule has 3 N–H and O–H groups in total. The average Bonchev–Trinajstić information content (AvgIpc) is 1.97. The fourth-order valence-electron chi connectivity index (χ4n) is 0.754. The topological polar surface area (TPSA) is 67.7 Å². The Morgan fingerprint density at radius 2 is 2.36 bits per heavy atom. The van der Waals surface area contributed by atoms with Crippen LogP contribution in [-0.4, -0.2) is 15.8 Å². The molecule has 5 heteroatoms. The molecule has 1 heterocycles. The summed E-state index contributed by atoms with van der Waals surface area (Å²) in [5.74, 6) is 0. The van der Waals surface area contributed by atoms with Gasteiger partial charge in [0.2, 0.25) is 0 Å². The first-order valence-corrected chi connectivity index (χ1v) is 4.29. The Morgan fingerprint density at radius 1 is 1.73 bits per heavy atom. The quantitative estimate of drug-likeness (QED) is 0.467. The second-order valence-corrected chi connectivity index (χ2v) is 2.92. The van der Waals surface area contributed by atoms with Gasteiger partial charge in [-0.15, -0.1) is 0 Å². The predicted octanol–water partition coefficient (Wildman–Crippen LogP) is 0.204. The summed E-state index contributed by atoms with van der Waals surface area (Å²) in [6.07, 6.45) is 3.61. The Balaban J connectivity index is 3.32. The highest BCUT2D eigenvalue weighted by Gasteiger charge is 1.97. The third kappa shape index (κ3) is 1.54. The molecule has 0 saturated carbocycles. The van der Waals surface area contributed by atoms with E-state index in [2.05, 4.69) is 4.98 Å². The maximum absolute atomic E-state index is 7.30. The zero-order valence-electron chi connectivity index (χ0n) is 6.46. The number of nitrogens with zero attached hydrogens (tertiary/aromatic N) is 2. The zero-order chi connectivity index (χ0) is 8.43. The maximum atomic E-state index is 7.30. The van der Waals surface area contributed by atoms with Crippen LogP contribution >= 0.6 is 11.8 Å². The molecule has 0 aromatic carbocycles. The van der Waals surface area contributed by atoms with Gasteiger partial charge in [0.05, 0.1) is 5.69 Å². The zero-order valence-corrected chi connectivity index (χ0v) is 7.27. The number of nitrogen functional groups attached to an aromatic ring is 1. The van der Waals surface area contributed by atoms with Crippen LogP contribution in [0.3, 0.4) is 0 Å². The van der Waals surface area contributed by atoms with Gasteiger partial charge in [-0.1, -0.05) is 11.8 Å². The van der Waals surface area contributed by atoms with Crippen LogP contribution in [0.5, 0.6) is 0 Å². The number of nitrogens with one attached hydrogen (secondary N) is 1. The van der Waals surface area contributed by atoms with Gasteiger partial charge in [0.1, 0.15) is 0 Å². The van der Waals surface area contributed by atoms with Crippen LogP contribution in [0, 0.1) is 5.41 Å². The van der Waals surface area contributed by atoms with E-state index in [1.807, 2.05) is 13.3 Å². The predicted molar refractivity (Wildman–Crippen MR) is 45.3 cm³/mol. The molecule has 0 aliphatic heterocycles. The molecule has 60 valence electrons. The average molecular weight is 170 g/mol. The van der Waals surface area contributed by atoms with Gasteiger partial charge in [-0.3, -0.25) is 5.41 Å². The van der Waals surface area contributed by atoms with Gasteiger partial charge >= 0.3 is 0 Å². The van der Waals surface area contributed by atoms with Crippen molar-refractivity contribution in [2.75, 3.05) is 12.0 Å². The maximum Gasteiger partial charge on any atom is 0.172 e. The van der Waals surface area contributed by atoms with Crippen molar-refractivity contribution >= 4 is 17.4 Å². The van der Waals surface area contributed by atoms with Gasteiger partial charge in [0, 0.05) is 13.2 Å². The van der Waals surface area contributed by atoms with Crippen LogP contribution in [0.25, 0.3) is 0 Å². The summed E-state index contributed by atoms with van der Waals surface area (Å²) in [6.45, 7) is 0. The van der Waals surface area contributed by atoms with Crippen molar-refractivity contribution in [2.45, 2.75) is 5.16 Å². The summed E-state index contributed by atoms with van der Waals surface area (Å²) < 4.78 is 1.80.